The zero-order valence-electron chi connectivity index (χ0n) is 14.7. The first-order chi connectivity index (χ1) is 13.0. The lowest BCUT2D eigenvalue weighted by atomic mass is 10.2. The van der Waals surface area contributed by atoms with Crippen LogP contribution in [0.1, 0.15) is 24.1 Å². The van der Waals surface area contributed by atoms with Crippen molar-refractivity contribution >= 4 is 38.9 Å². The summed E-state index contributed by atoms with van der Waals surface area (Å²) in [6.07, 6.45) is 1.63. The molecule has 1 saturated heterocycles. The molecular formula is C18H18ClN5O2S. The molecular weight excluding hydrogens is 386 g/mol. The first kappa shape index (κ1) is 17.9. The molecule has 0 bridgehead atoms. The van der Waals surface area contributed by atoms with Gasteiger partial charge in [-0.15, -0.1) is 5.10 Å². The second-order valence-corrected chi connectivity index (χ2v) is 7.82. The molecule has 4 rings (SSSR count). The maximum atomic E-state index is 12.7. The number of fused-ring (bicyclic) bond motifs is 1. The molecule has 27 heavy (non-hydrogen) atoms. The van der Waals surface area contributed by atoms with Gasteiger partial charge in [-0.25, -0.2) is 4.98 Å². The molecule has 0 radical (unpaired) electrons. The Balaban J connectivity index is 1.53. The van der Waals surface area contributed by atoms with E-state index in [1.165, 1.54) is 21.9 Å². The number of aryl methyl sites for hydroxylation is 1. The molecule has 3 heterocycles. The van der Waals surface area contributed by atoms with E-state index in [1.807, 2.05) is 23.1 Å². The standard InChI is InChI=1S/C18H18ClN5O2S/c1-11-9-15(25)24-17(21-11)27-18(22-24)23-8-4-7-14(23)16(26)20-10-12-5-2-3-6-13(12)19/h2-3,5-6,9,14H,4,7-8,10H2,1H3,(H,20,26)/t14-/m1/s1. The van der Waals surface area contributed by atoms with Gasteiger partial charge >= 0.3 is 0 Å². The number of rotatable bonds is 4. The van der Waals surface area contributed by atoms with Gasteiger partial charge in [0.2, 0.25) is 16.0 Å². The topological polar surface area (TPSA) is 79.6 Å². The molecule has 1 aliphatic heterocycles. The van der Waals surface area contributed by atoms with E-state index in [0.717, 1.165) is 24.9 Å². The summed E-state index contributed by atoms with van der Waals surface area (Å²) in [7, 11) is 0. The maximum absolute atomic E-state index is 12.7. The fraction of sp³-hybridized carbons (Fsp3) is 0.333. The number of anilines is 1. The van der Waals surface area contributed by atoms with E-state index < -0.39 is 0 Å². The molecule has 140 valence electrons. The number of hydrogen-bond acceptors (Lipinski definition) is 6. The van der Waals surface area contributed by atoms with Gasteiger partial charge in [-0.05, 0) is 31.4 Å². The molecule has 1 N–H and O–H groups in total. The third-order valence-corrected chi connectivity index (χ3v) is 5.89. The molecule has 1 aromatic carbocycles. The number of nitrogens with zero attached hydrogens (tertiary/aromatic N) is 4. The number of nitrogens with one attached hydrogen (secondary N) is 1. The molecule has 0 aliphatic carbocycles. The summed E-state index contributed by atoms with van der Waals surface area (Å²) in [6.45, 7) is 2.88. The Hall–Kier alpha value is -2.45. The molecule has 3 aromatic rings. The summed E-state index contributed by atoms with van der Waals surface area (Å²) in [5.74, 6) is -0.0665. The van der Waals surface area contributed by atoms with Crippen LogP contribution in [0.5, 0.6) is 0 Å². The van der Waals surface area contributed by atoms with Crippen LogP contribution < -0.4 is 15.8 Å². The Morgan fingerprint density at radius 3 is 3.04 bits per heavy atom. The third-order valence-electron chi connectivity index (χ3n) is 4.57. The predicted octanol–water partition coefficient (Wildman–Crippen LogP) is 2.40. The molecule has 9 heteroatoms. The van der Waals surface area contributed by atoms with Crippen molar-refractivity contribution < 1.29 is 4.79 Å². The lowest BCUT2D eigenvalue weighted by molar-refractivity contribution is -0.122. The van der Waals surface area contributed by atoms with E-state index in [1.54, 1.807) is 13.0 Å². The highest BCUT2D eigenvalue weighted by Crippen LogP contribution is 2.29. The molecule has 1 aliphatic rings. The van der Waals surface area contributed by atoms with Crippen LogP contribution in [0.3, 0.4) is 0 Å². The largest absolute Gasteiger partial charge is 0.350 e. The summed E-state index contributed by atoms with van der Waals surface area (Å²) in [5, 5.41) is 8.62. The van der Waals surface area contributed by atoms with Gasteiger partial charge in [0.05, 0.1) is 0 Å². The lowest BCUT2D eigenvalue weighted by Gasteiger charge is -2.22. The van der Waals surface area contributed by atoms with Gasteiger partial charge in [0, 0.05) is 29.9 Å². The second kappa shape index (κ2) is 7.28. The zero-order valence-corrected chi connectivity index (χ0v) is 16.3. The van der Waals surface area contributed by atoms with Crippen molar-refractivity contribution in [2.45, 2.75) is 32.4 Å². The Bertz CT molecular complexity index is 1060. The molecule has 1 atom stereocenters. The van der Waals surface area contributed by atoms with E-state index >= 15 is 0 Å². The highest BCUT2D eigenvalue weighted by atomic mass is 35.5. The highest BCUT2D eigenvalue weighted by molar-refractivity contribution is 7.20. The molecule has 7 nitrogen and oxygen atoms in total. The van der Waals surface area contributed by atoms with Crippen LogP contribution in [0, 0.1) is 6.92 Å². The number of carbonyl (C=O) groups excluding carboxylic acids is 1. The Labute approximate surface area is 164 Å². The average molecular weight is 404 g/mol. The summed E-state index contributed by atoms with van der Waals surface area (Å²) in [4.78, 5) is 31.7. The van der Waals surface area contributed by atoms with E-state index in [0.29, 0.717) is 27.4 Å². The number of carbonyl (C=O) groups is 1. The number of aromatic nitrogens is 3. The van der Waals surface area contributed by atoms with Crippen LogP contribution in [0.25, 0.3) is 4.96 Å². The molecule has 2 aromatic heterocycles. The minimum atomic E-state index is -0.315. The van der Waals surface area contributed by atoms with Crippen LogP contribution in [0.2, 0.25) is 5.02 Å². The van der Waals surface area contributed by atoms with Crippen molar-refractivity contribution in [1.29, 1.82) is 0 Å². The van der Waals surface area contributed by atoms with Gasteiger partial charge in [0.25, 0.3) is 5.56 Å². The van der Waals surface area contributed by atoms with E-state index in [4.69, 9.17) is 11.6 Å². The van der Waals surface area contributed by atoms with Crippen molar-refractivity contribution in [1.82, 2.24) is 19.9 Å². The van der Waals surface area contributed by atoms with Crippen molar-refractivity contribution in [3.63, 3.8) is 0 Å². The van der Waals surface area contributed by atoms with Crippen LogP contribution in [0.15, 0.2) is 35.1 Å². The zero-order chi connectivity index (χ0) is 19.0. The highest BCUT2D eigenvalue weighted by Gasteiger charge is 2.33. The van der Waals surface area contributed by atoms with Gasteiger partial charge < -0.3 is 10.2 Å². The first-order valence-electron chi connectivity index (χ1n) is 8.68. The average Bonchev–Trinajstić information content (AvgIpc) is 3.27. The minimum absolute atomic E-state index is 0.0665. The number of halogens is 1. The SMILES string of the molecule is Cc1cc(=O)n2nc(N3CCC[C@@H]3C(=O)NCc3ccccc3Cl)sc2n1. The summed E-state index contributed by atoms with van der Waals surface area (Å²) >= 11 is 7.48. The van der Waals surface area contributed by atoms with E-state index in [9.17, 15) is 9.59 Å². The Morgan fingerprint density at radius 2 is 2.22 bits per heavy atom. The lowest BCUT2D eigenvalue weighted by Crippen LogP contribution is -2.43. The van der Waals surface area contributed by atoms with E-state index in [2.05, 4.69) is 15.4 Å². The maximum Gasteiger partial charge on any atom is 0.275 e. The molecule has 0 unspecified atom stereocenters. The van der Waals surface area contributed by atoms with Crippen molar-refractivity contribution in [2.75, 3.05) is 11.4 Å². The summed E-state index contributed by atoms with van der Waals surface area (Å²) in [5.41, 5.74) is 1.33. The quantitative estimate of drug-likeness (QED) is 0.723. The van der Waals surface area contributed by atoms with Crippen molar-refractivity contribution in [2.24, 2.45) is 0 Å². The van der Waals surface area contributed by atoms with Gasteiger partial charge in [-0.2, -0.15) is 4.52 Å². The van der Waals surface area contributed by atoms with Crippen molar-refractivity contribution in [3.8, 4) is 0 Å². The van der Waals surface area contributed by atoms with Gasteiger partial charge in [0.1, 0.15) is 6.04 Å². The Morgan fingerprint density at radius 1 is 1.41 bits per heavy atom. The third kappa shape index (κ3) is 3.54. The molecule has 1 fully saturated rings. The Kier molecular flexibility index (Phi) is 4.84. The van der Waals surface area contributed by atoms with Gasteiger partial charge in [-0.3, -0.25) is 9.59 Å². The number of benzene rings is 1. The summed E-state index contributed by atoms with van der Waals surface area (Å²) in [6, 6.07) is 8.58. The van der Waals surface area contributed by atoms with Crippen LogP contribution in [-0.4, -0.2) is 33.1 Å². The number of hydrogen-bond donors (Lipinski definition) is 1. The van der Waals surface area contributed by atoms with Crippen molar-refractivity contribution in [3.05, 3.63) is 57.0 Å². The fourth-order valence-electron chi connectivity index (χ4n) is 3.24. The van der Waals surface area contributed by atoms with Gasteiger partial charge in [-0.1, -0.05) is 41.1 Å². The molecule has 1 amide bonds. The molecule has 0 saturated carbocycles. The minimum Gasteiger partial charge on any atom is -0.350 e. The number of amides is 1. The predicted molar refractivity (Wildman–Crippen MR) is 106 cm³/mol. The smallest absolute Gasteiger partial charge is 0.275 e. The fourth-order valence-corrected chi connectivity index (χ4v) is 4.47. The second-order valence-electron chi connectivity index (χ2n) is 6.48. The molecule has 0 spiro atoms. The van der Waals surface area contributed by atoms with Crippen LogP contribution in [0.4, 0.5) is 5.13 Å². The summed E-state index contributed by atoms with van der Waals surface area (Å²) < 4.78 is 1.30. The van der Waals surface area contributed by atoms with Crippen LogP contribution in [-0.2, 0) is 11.3 Å². The first-order valence-corrected chi connectivity index (χ1v) is 9.87. The van der Waals surface area contributed by atoms with Gasteiger partial charge in [0.15, 0.2) is 0 Å². The van der Waals surface area contributed by atoms with Crippen LogP contribution >= 0.6 is 22.9 Å². The van der Waals surface area contributed by atoms with E-state index in [-0.39, 0.29) is 17.5 Å². The normalized spacial score (nSPS) is 16.8. The monoisotopic (exact) mass is 403 g/mol.